The number of hydrogen-bond donors (Lipinski definition) is 0. The summed E-state index contributed by atoms with van der Waals surface area (Å²) in [5.41, 5.74) is -5.05. The van der Waals surface area contributed by atoms with Crippen molar-refractivity contribution in [1.82, 2.24) is 14.8 Å². The van der Waals surface area contributed by atoms with E-state index in [1.165, 1.54) is 12.3 Å². The molecule has 0 saturated carbocycles. The lowest BCUT2D eigenvalue weighted by Crippen LogP contribution is -2.27. The molecule has 2 aromatic heterocycles. The second-order valence-electron chi connectivity index (χ2n) is 6.87. The third-order valence-corrected chi connectivity index (χ3v) is 4.23. The third-order valence-electron chi connectivity index (χ3n) is 4.23. The van der Waals surface area contributed by atoms with Crippen molar-refractivity contribution in [3.05, 3.63) is 46.0 Å². The van der Waals surface area contributed by atoms with Crippen LogP contribution in [0.1, 0.15) is 70.6 Å². The minimum absolute atomic E-state index is 0.265. The lowest BCUT2D eigenvalue weighted by Gasteiger charge is -2.21. The Morgan fingerprint density at radius 3 is 2.27 bits per heavy atom. The molecule has 0 bridgehead atoms. The molecular weight excluding hydrogens is 413 g/mol. The maximum Gasteiger partial charge on any atom is 0.434 e. The van der Waals surface area contributed by atoms with Crippen LogP contribution in [0.2, 0.25) is 0 Å². The number of ether oxygens (including phenoxy) is 1. The van der Waals surface area contributed by atoms with Crippen molar-refractivity contribution in [2.24, 2.45) is 5.92 Å². The highest BCUT2D eigenvalue weighted by Crippen LogP contribution is 2.38. The Bertz CT molecular complexity index is 952. The Labute approximate surface area is 169 Å². The Morgan fingerprint density at radius 2 is 1.83 bits per heavy atom. The first kappa shape index (κ1) is 23.4. The van der Waals surface area contributed by atoms with Crippen LogP contribution in [0.4, 0.5) is 22.0 Å². The van der Waals surface area contributed by atoms with Gasteiger partial charge in [-0.15, -0.1) is 0 Å². The van der Waals surface area contributed by atoms with Crippen LogP contribution in [0, 0.1) is 5.92 Å². The first-order valence-electron chi connectivity index (χ1n) is 9.01. The van der Waals surface area contributed by atoms with Crippen molar-refractivity contribution >= 4 is 11.9 Å². The molecule has 0 amide bonds. The number of aromatic nitrogens is 3. The van der Waals surface area contributed by atoms with E-state index in [0.29, 0.717) is 16.8 Å². The fourth-order valence-electron chi connectivity index (χ4n) is 2.97. The average molecular weight is 433 g/mol. The average Bonchev–Trinajstić information content (AvgIpc) is 3.13. The molecule has 11 heteroatoms. The normalized spacial score (nSPS) is 12.0. The number of carbonyl (C=O) groups is 2. The molecule has 164 valence electrons. The van der Waals surface area contributed by atoms with Gasteiger partial charge < -0.3 is 4.74 Å². The number of esters is 1. The Kier molecular flexibility index (Phi) is 6.94. The first-order valence-corrected chi connectivity index (χ1v) is 9.01. The van der Waals surface area contributed by atoms with Crippen LogP contribution in [0.3, 0.4) is 0 Å². The molecule has 30 heavy (non-hydrogen) atoms. The summed E-state index contributed by atoms with van der Waals surface area (Å²) in [7, 11) is 0.900. The summed E-state index contributed by atoms with van der Waals surface area (Å²) in [5.74, 6) is -2.90. The van der Waals surface area contributed by atoms with Gasteiger partial charge in [0.2, 0.25) is 0 Å². The van der Waals surface area contributed by atoms with Crippen LogP contribution < -0.4 is 0 Å². The Morgan fingerprint density at radius 1 is 1.20 bits per heavy atom. The van der Waals surface area contributed by atoms with Gasteiger partial charge in [0.05, 0.1) is 23.9 Å². The maximum absolute atomic E-state index is 13.8. The van der Waals surface area contributed by atoms with Crippen molar-refractivity contribution in [2.75, 3.05) is 7.11 Å². The summed E-state index contributed by atoms with van der Waals surface area (Å²) in [6, 6.07) is 1.44. The summed E-state index contributed by atoms with van der Waals surface area (Å²) in [5, 5.41) is 3.91. The number of alkyl halides is 5. The monoisotopic (exact) mass is 433 g/mol. The predicted octanol–water partition coefficient (Wildman–Crippen LogP) is 4.47. The van der Waals surface area contributed by atoms with E-state index in [1.54, 1.807) is 20.8 Å². The van der Waals surface area contributed by atoms with Gasteiger partial charge in [-0.1, -0.05) is 20.8 Å². The van der Waals surface area contributed by atoms with Gasteiger partial charge >= 0.3 is 12.1 Å². The predicted molar refractivity (Wildman–Crippen MR) is 95.4 cm³/mol. The molecular formula is C19H20F5N3O3. The van der Waals surface area contributed by atoms with Crippen molar-refractivity contribution < 1.29 is 36.3 Å². The number of aryl methyl sites for hydroxylation is 1. The molecule has 0 aliphatic heterocycles. The number of carbonyl (C=O) groups excluding carboxylic acids is 2. The quantitative estimate of drug-likeness (QED) is 0.497. The van der Waals surface area contributed by atoms with Crippen LogP contribution in [0.15, 0.2) is 12.3 Å². The molecule has 6 nitrogen and oxygen atoms in total. The van der Waals surface area contributed by atoms with Crippen LogP contribution >= 0.6 is 0 Å². The van der Waals surface area contributed by atoms with Gasteiger partial charge in [-0.05, 0) is 30.4 Å². The van der Waals surface area contributed by atoms with Crippen LogP contribution in [-0.4, -0.2) is 33.8 Å². The highest BCUT2D eigenvalue weighted by Gasteiger charge is 2.43. The largest absolute Gasteiger partial charge is 0.465 e. The van der Waals surface area contributed by atoms with Crippen LogP contribution in [0.25, 0.3) is 0 Å². The van der Waals surface area contributed by atoms with Gasteiger partial charge in [-0.2, -0.15) is 18.3 Å². The zero-order valence-electron chi connectivity index (χ0n) is 16.7. The van der Waals surface area contributed by atoms with E-state index in [2.05, 4.69) is 14.8 Å². The third kappa shape index (κ3) is 4.65. The van der Waals surface area contributed by atoms with E-state index in [4.69, 9.17) is 0 Å². The fourth-order valence-corrected chi connectivity index (χ4v) is 2.97. The summed E-state index contributed by atoms with van der Waals surface area (Å²) in [6.45, 7) is 4.94. The summed E-state index contributed by atoms with van der Waals surface area (Å²) >= 11 is 0. The van der Waals surface area contributed by atoms with Crippen molar-refractivity contribution in [3.8, 4) is 0 Å². The molecule has 2 heterocycles. The topological polar surface area (TPSA) is 74.1 Å². The molecule has 0 N–H and O–H groups in total. The molecule has 0 saturated heterocycles. The van der Waals surface area contributed by atoms with Crippen molar-refractivity contribution in [2.45, 2.75) is 46.2 Å². The smallest absolute Gasteiger partial charge is 0.434 e. The van der Waals surface area contributed by atoms with Crippen molar-refractivity contribution in [3.63, 3.8) is 0 Å². The number of methoxy groups -OCH3 is 1. The van der Waals surface area contributed by atoms with E-state index < -0.39 is 52.6 Å². The van der Waals surface area contributed by atoms with E-state index in [0.717, 1.165) is 7.11 Å². The highest BCUT2D eigenvalue weighted by molar-refractivity contribution is 6.02. The van der Waals surface area contributed by atoms with Crippen LogP contribution in [-0.2, 0) is 23.8 Å². The molecule has 0 radical (unpaired) electrons. The van der Waals surface area contributed by atoms with E-state index in [-0.39, 0.29) is 12.3 Å². The number of nitrogens with zero attached hydrogens (tertiary/aromatic N) is 3. The first-order chi connectivity index (χ1) is 13.9. The second kappa shape index (κ2) is 8.88. The minimum Gasteiger partial charge on any atom is -0.465 e. The molecule has 0 aliphatic rings. The SMILES string of the molecule is CCc1ccn(C(=O)c2c(C(F)(F)F)nc(C(F)F)c(C(=O)OC)c2CC(C)C)n1. The standard InChI is InChI=1S/C19H20F5N3O3/c1-5-10-6-7-27(26-10)17(28)13-11(8-9(2)3)12(18(29)30-4)14(16(20)21)25-15(13)19(22,23)24/h6-7,9,16H,5,8H2,1-4H3. The van der Waals surface area contributed by atoms with Gasteiger partial charge in [-0.3, -0.25) is 4.79 Å². The molecule has 0 spiro atoms. The van der Waals surface area contributed by atoms with Gasteiger partial charge in [-0.25, -0.2) is 23.2 Å². The van der Waals surface area contributed by atoms with E-state index in [9.17, 15) is 31.5 Å². The zero-order valence-corrected chi connectivity index (χ0v) is 16.7. The summed E-state index contributed by atoms with van der Waals surface area (Å²) < 4.78 is 73.6. The van der Waals surface area contributed by atoms with Crippen molar-refractivity contribution in [1.29, 1.82) is 0 Å². The lowest BCUT2D eigenvalue weighted by atomic mass is 9.90. The molecule has 0 unspecified atom stereocenters. The number of pyridine rings is 1. The zero-order chi connectivity index (χ0) is 22.8. The van der Waals surface area contributed by atoms with Gasteiger partial charge in [0.1, 0.15) is 5.69 Å². The molecule has 0 aromatic carbocycles. The fraction of sp³-hybridized carbons (Fsp3) is 0.474. The summed E-state index contributed by atoms with van der Waals surface area (Å²) in [4.78, 5) is 28.3. The van der Waals surface area contributed by atoms with Gasteiger partial charge in [0.15, 0.2) is 5.69 Å². The summed E-state index contributed by atoms with van der Waals surface area (Å²) in [6.07, 6.45) is -7.40. The molecule has 2 rings (SSSR count). The van der Waals surface area contributed by atoms with E-state index >= 15 is 0 Å². The molecule has 2 aromatic rings. The van der Waals surface area contributed by atoms with E-state index in [1.807, 2.05) is 0 Å². The van der Waals surface area contributed by atoms with Gasteiger partial charge in [0.25, 0.3) is 12.3 Å². The Balaban J connectivity index is 2.97. The number of halogens is 5. The molecule has 0 atom stereocenters. The molecule has 0 aliphatic carbocycles. The van der Waals surface area contributed by atoms with Crippen LogP contribution in [0.5, 0.6) is 0 Å². The number of rotatable bonds is 6. The lowest BCUT2D eigenvalue weighted by molar-refractivity contribution is -0.141. The number of hydrogen-bond acceptors (Lipinski definition) is 5. The minimum atomic E-state index is -5.23. The maximum atomic E-state index is 13.8. The molecule has 0 fully saturated rings. The Hall–Kier alpha value is -2.85. The second-order valence-corrected chi connectivity index (χ2v) is 6.87. The van der Waals surface area contributed by atoms with Gasteiger partial charge in [0, 0.05) is 6.20 Å². The highest BCUT2D eigenvalue weighted by atomic mass is 19.4.